The van der Waals surface area contributed by atoms with Crippen LogP contribution < -0.4 is 0 Å². The zero-order valence-electron chi connectivity index (χ0n) is 8.11. The average Bonchev–Trinajstić information content (AvgIpc) is 2.27. The average molecular weight is 228 g/mol. The summed E-state index contributed by atoms with van der Waals surface area (Å²) >= 11 is 0.236. The number of carbonyl (C=O) groups is 1. The summed E-state index contributed by atoms with van der Waals surface area (Å²) < 4.78 is 25.6. The molecule has 1 nitrogen and oxygen atoms in total. The highest BCUT2D eigenvalue weighted by Crippen LogP contribution is 2.27. The maximum atomic E-state index is 12.8. The van der Waals surface area contributed by atoms with Crippen molar-refractivity contribution < 1.29 is 13.6 Å². The Morgan fingerprint density at radius 2 is 1.93 bits per heavy atom. The van der Waals surface area contributed by atoms with Crippen molar-refractivity contribution in [2.75, 3.05) is 6.26 Å². The topological polar surface area (TPSA) is 17.1 Å². The van der Waals surface area contributed by atoms with Gasteiger partial charge in [0, 0.05) is 0 Å². The first-order chi connectivity index (χ1) is 7.06. The number of rotatable bonds is 4. The van der Waals surface area contributed by atoms with Crippen molar-refractivity contribution >= 4 is 23.6 Å². The van der Waals surface area contributed by atoms with Crippen molar-refractivity contribution in [2.45, 2.75) is 5.25 Å². The van der Waals surface area contributed by atoms with E-state index in [0.717, 1.165) is 11.6 Å². The first-order valence-corrected chi connectivity index (χ1v) is 5.49. The van der Waals surface area contributed by atoms with E-state index in [1.807, 2.05) is 6.07 Å². The van der Waals surface area contributed by atoms with E-state index >= 15 is 0 Å². The molecule has 0 amide bonds. The number of ketones is 1. The van der Waals surface area contributed by atoms with Gasteiger partial charge in [-0.05, 0) is 17.9 Å². The fourth-order valence-electron chi connectivity index (χ4n) is 0.934. The van der Waals surface area contributed by atoms with Gasteiger partial charge in [0.15, 0.2) is 0 Å². The molecule has 1 aromatic rings. The molecule has 0 aliphatic rings. The van der Waals surface area contributed by atoms with Gasteiger partial charge in [0.1, 0.15) is 0 Å². The third kappa shape index (κ3) is 3.47. The van der Waals surface area contributed by atoms with Gasteiger partial charge in [0.25, 0.3) is 0 Å². The monoisotopic (exact) mass is 228 g/mol. The number of carbonyl (C=O) groups excluding carboxylic acids is 1. The van der Waals surface area contributed by atoms with E-state index in [9.17, 15) is 13.6 Å². The lowest BCUT2D eigenvalue weighted by Gasteiger charge is -2.07. The molecule has 1 rings (SSSR count). The minimum absolute atomic E-state index is 0.236. The van der Waals surface area contributed by atoms with E-state index in [1.165, 1.54) is 12.3 Å². The van der Waals surface area contributed by atoms with Crippen LogP contribution in [-0.4, -0.2) is 17.3 Å². The molecule has 0 radical (unpaired) electrons. The Morgan fingerprint density at radius 1 is 1.33 bits per heavy atom. The third-order valence-electron chi connectivity index (χ3n) is 1.77. The first-order valence-electron chi connectivity index (χ1n) is 4.27. The predicted octanol–water partition coefficient (Wildman–Crippen LogP) is 3.22. The zero-order chi connectivity index (χ0) is 11.3. The smallest absolute Gasteiger partial charge is 0.287 e. The molecule has 0 unspecified atom stereocenters. The molecular weight excluding hydrogens is 218 g/mol. The van der Waals surface area contributed by atoms with E-state index in [2.05, 4.69) is 0 Å². The number of hydrogen-bond acceptors (Lipinski definition) is 2. The molecule has 0 N–H and O–H groups in total. The molecule has 15 heavy (non-hydrogen) atoms. The van der Waals surface area contributed by atoms with Gasteiger partial charge in [-0.25, -0.2) is 0 Å². The first kappa shape index (κ1) is 11.9. The molecule has 0 aromatic heterocycles. The molecule has 0 heterocycles. The second-order valence-electron chi connectivity index (χ2n) is 2.83. The summed E-state index contributed by atoms with van der Waals surface area (Å²) in [6.45, 7) is 0. The van der Waals surface area contributed by atoms with E-state index in [0.29, 0.717) is 0 Å². The Balaban J connectivity index is 2.71. The van der Waals surface area contributed by atoms with Crippen LogP contribution in [0, 0.1) is 0 Å². The van der Waals surface area contributed by atoms with Gasteiger partial charge in [-0.15, -0.1) is 0 Å². The normalized spacial score (nSPS) is 11.9. The van der Waals surface area contributed by atoms with Crippen LogP contribution in [0.5, 0.6) is 0 Å². The minimum Gasteiger partial charge on any atom is -0.287 e. The molecule has 0 bridgehead atoms. The van der Waals surface area contributed by atoms with E-state index in [1.54, 1.807) is 24.3 Å². The summed E-state index contributed by atoms with van der Waals surface area (Å²) in [7, 11) is 0. The van der Waals surface area contributed by atoms with E-state index in [-0.39, 0.29) is 11.8 Å². The van der Waals surface area contributed by atoms with Crippen molar-refractivity contribution in [3.63, 3.8) is 0 Å². The molecular formula is C11H10F2OS. The number of hydrogen-bond donors (Lipinski definition) is 0. The fourth-order valence-corrected chi connectivity index (χ4v) is 1.20. The van der Waals surface area contributed by atoms with E-state index < -0.39 is 11.0 Å². The van der Waals surface area contributed by atoms with Crippen LogP contribution in [0.1, 0.15) is 5.56 Å². The summed E-state index contributed by atoms with van der Waals surface area (Å²) in [4.78, 5) is 11.0. The quantitative estimate of drug-likeness (QED) is 0.736. The van der Waals surface area contributed by atoms with Crippen LogP contribution in [0.2, 0.25) is 0 Å². The summed E-state index contributed by atoms with van der Waals surface area (Å²) in [6, 6.07) is 8.84. The Kier molecular flexibility index (Phi) is 4.03. The second kappa shape index (κ2) is 5.07. The van der Waals surface area contributed by atoms with Crippen LogP contribution in [0.25, 0.3) is 6.08 Å². The third-order valence-corrected chi connectivity index (χ3v) is 2.48. The molecule has 4 heteroatoms. The summed E-state index contributed by atoms with van der Waals surface area (Å²) in [5.41, 5.74) is 0.725. The number of halogens is 2. The molecule has 0 atom stereocenters. The number of benzene rings is 1. The van der Waals surface area contributed by atoms with Gasteiger partial charge in [-0.3, -0.25) is 4.79 Å². The van der Waals surface area contributed by atoms with Crippen molar-refractivity contribution in [1.29, 1.82) is 0 Å². The molecule has 0 spiro atoms. The van der Waals surface area contributed by atoms with Gasteiger partial charge in [0.2, 0.25) is 5.78 Å². The molecule has 0 saturated carbocycles. The molecule has 0 fully saturated rings. The second-order valence-corrected chi connectivity index (χ2v) is 3.75. The molecule has 0 aliphatic heterocycles. The van der Waals surface area contributed by atoms with Crippen molar-refractivity contribution in [1.82, 2.24) is 0 Å². The highest BCUT2D eigenvalue weighted by Gasteiger charge is 2.35. The van der Waals surface area contributed by atoms with Gasteiger partial charge < -0.3 is 0 Å². The van der Waals surface area contributed by atoms with Crippen LogP contribution in [0.15, 0.2) is 36.4 Å². The fraction of sp³-hybridized carbons (Fsp3) is 0.182. The Morgan fingerprint density at radius 3 is 2.47 bits per heavy atom. The van der Waals surface area contributed by atoms with Crippen molar-refractivity contribution in [2.24, 2.45) is 0 Å². The highest BCUT2D eigenvalue weighted by molar-refractivity contribution is 8.00. The molecule has 0 aliphatic carbocycles. The number of allylic oxidation sites excluding steroid dienone is 1. The minimum atomic E-state index is -3.33. The van der Waals surface area contributed by atoms with Crippen LogP contribution in [0.4, 0.5) is 8.78 Å². The summed E-state index contributed by atoms with van der Waals surface area (Å²) in [6.07, 6.45) is 3.49. The van der Waals surface area contributed by atoms with Gasteiger partial charge in [-0.2, -0.15) is 8.78 Å². The lowest BCUT2D eigenvalue weighted by atomic mass is 10.2. The standard InChI is InChI=1S/C11H10F2OS/c1-15-11(12,13)10(14)8-7-9-5-3-2-4-6-9/h2-8H,1H3/b8-7+. The predicted molar refractivity (Wildman–Crippen MR) is 58.9 cm³/mol. The molecule has 80 valence electrons. The van der Waals surface area contributed by atoms with Crippen molar-refractivity contribution in [3.05, 3.63) is 42.0 Å². The van der Waals surface area contributed by atoms with E-state index in [4.69, 9.17) is 0 Å². The lowest BCUT2D eigenvalue weighted by molar-refractivity contribution is -0.127. The van der Waals surface area contributed by atoms with Crippen LogP contribution in [-0.2, 0) is 4.79 Å². The summed E-state index contributed by atoms with van der Waals surface area (Å²) in [5.74, 6) is -1.18. The zero-order valence-corrected chi connectivity index (χ0v) is 8.93. The lowest BCUT2D eigenvalue weighted by Crippen LogP contribution is -2.21. The maximum absolute atomic E-state index is 12.8. The maximum Gasteiger partial charge on any atom is 0.355 e. The van der Waals surface area contributed by atoms with Crippen molar-refractivity contribution in [3.8, 4) is 0 Å². The largest absolute Gasteiger partial charge is 0.355 e. The van der Waals surface area contributed by atoms with Gasteiger partial charge >= 0.3 is 5.25 Å². The number of thioether (sulfide) groups is 1. The Hall–Kier alpha value is -1.16. The molecule has 0 saturated heterocycles. The highest BCUT2D eigenvalue weighted by atomic mass is 32.2. The molecule has 1 aromatic carbocycles. The number of alkyl halides is 2. The van der Waals surface area contributed by atoms with Gasteiger partial charge in [-0.1, -0.05) is 48.2 Å². The van der Waals surface area contributed by atoms with Gasteiger partial charge in [0.05, 0.1) is 0 Å². The summed E-state index contributed by atoms with van der Waals surface area (Å²) in [5, 5.41) is -3.33. The Labute approximate surface area is 91.2 Å². The van der Waals surface area contributed by atoms with Crippen LogP contribution >= 0.6 is 11.8 Å². The SMILES string of the molecule is CSC(F)(F)C(=O)/C=C/c1ccccc1. The Bertz CT molecular complexity index is 360. The van der Waals surface area contributed by atoms with Crippen LogP contribution in [0.3, 0.4) is 0 Å².